The molecule has 2 heterocycles. The van der Waals surface area contributed by atoms with E-state index in [-0.39, 0.29) is 5.69 Å². The van der Waals surface area contributed by atoms with E-state index in [1.807, 2.05) is 19.9 Å². The molecule has 0 aliphatic rings. The van der Waals surface area contributed by atoms with Crippen LogP contribution >= 0.6 is 35.0 Å². The van der Waals surface area contributed by atoms with Crippen LogP contribution in [0.3, 0.4) is 0 Å². The normalized spacial score (nSPS) is 10.8. The number of anilines is 1. The van der Waals surface area contributed by atoms with Crippen LogP contribution in [0.1, 0.15) is 27.6 Å². The molecule has 36 heavy (non-hydrogen) atoms. The highest BCUT2D eigenvalue weighted by Crippen LogP contribution is 2.31. The summed E-state index contributed by atoms with van der Waals surface area (Å²) in [6.07, 6.45) is 0. The van der Waals surface area contributed by atoms with E-state index in [0.29, 0.717) is 49.5 Å². The Kier molecular flexibility index (Phi) is 7.97. The number of nitrogens with zero attached hydrogens (tertiary/aromatic N) is 5. The number of carbonyl (C=O) groups is 1. The number of halogens is 2. The Morgan fingerprint density at radius 2 is 1.64 bits per heavy atom. The summed E-state index contributed by atoms with van der Waals surface area (Å²) in [6, 6.07) is 12.0. The fraction of sp³-hybridized carbons (Fsp3) is 0.208. The number of carbonyl (C=O) groups excluding carboxylic acids is 1. The number of benzene rings is 2. The lowest BCUT2D eigenvalue weighted by molar-refractivity contribution is 0.102. The Morgan fingerprint density at radius 3 is 2.28 bits per heavy atom. The maximum Gasteiger partial charge on any atom is 0.278 e. The summed E-state index contributed by atoms with van der Waals surface area (Å²) in [5.41, 5.74) is 3.45. The number of rotatable bonds is 8. The zero-order valence-corrected chi connectivity index (χ0v) is 22.2. The number of thioether (sulfide) groups is 1. The Morgan fingerprint density at radius 1 is 0.972 bits per heavy atom. The van der Waals surface area contributed by atoms with Crippen LogP contribution in [0, 0.1) is 13.8 Å². The number of methoxy groups -OCH3 is 2. The summed E-state index contributed by atoms with van der Waals surface area (Å²) in [5, 5.41) is 12.7. The van der Waals surface area contributed by atoms with E-state index in [1.165, 1.54) is 23.6 Å². The zero-order chi connectivity index (χ0) is 25.8. The highest BCUT2D eigenvalue weighted by atomic mass is 35.5. The molecule has 1 amide bonds. The zero-order valence-electron chi connectivity index (χ0n) is 19.9. The summed E-state index contributed by atoms with van der Waals surface area (Å²) >= 11 is 13.8. The Hall–Kier alpha value is -3.34. The minimum Gasteiger partial charge on any atom is -0.493 e. The predicted molar refractivity (Wildman–Crippen MR) is 140 cm³/mol. The van der Waals surface area contributed by atoms with Gasteiger partial charge < -0.3 is 14.8 Å². The lowest BCUT2D eigenvalue weighted by atomic mass is 10.2. The van der Waals surface area contributed by atoms with Gasteiger partial charge in [0.25, 0.3) is 5.91 Å². The van der Waals surface area contributed by atoms with E-state index >= 15 is 0 Å². The van der Waals surface area contributed by atoms with Crippen LogP contribution in [-0.2, 0) is 5.75 Å². The van der Waals surface area contributed by atoms with Crippen molar-refractivity contribution < 1.29 is 14.3 Å². The minimum absolute atomic E-state index is 0.137. The largest absolute Gasteiger partial charge is 0.493 e. The van der Waals surface area contributed by atoms with Gasteiger partial charge in [0.1, 0.15) is 0 Å². The molecule has 9 nitrogen and oxygen atoms in total. The van der Waals surface area contributed by atoms with Crippen molar-refractivity contribution in [1.82, 2.24) is 25.0 Å². The van der Waals surface area contributed by atoms with Crippen molar-refractivity contribution in [2.45, 2.75) is 24.8 Å². The topological polar surface area (TPSA) is 104 Å². The van der Waals surface area contributed by atoms with Gasteiger partial charge in [-0.05, 0) is 50.2 Å². The van der Waals surface area contributed by atoms with Gasteiger partial charge >= 0.3 is 0 Å². The monoisotopic (exact) mass is 544 g/mol. The van der Waals surface area contributed by atoms with Crippen LogP contribution < -0.4 is 14.8 Å². The highest BCUT2D eigenvalue weighted by molar-refractivity contribution is 7.98. The van der Waals surface area contributed by atoms with Crippen LogP contribution in [0.25, 0.3) is 5.69 Å². The fourth-order valence-corrected chi connectivity index (χ4v) is 4.93. The number of aromatic nitrogens is 5. The third-order valence-electron chi connectivity index (χ3n) is 5.01. The van der Waals surface area contributed by atoms with Crippen LogP contribution in [0.2, 0.25) is 10.0 Å². The van der Waals surface area contributed by atoms with Gasteiger partial charge in [0.15, 0.2) is 22.3 Å². The lowest BCUT2D eigenvalue weighted by Gasteiger charge is -2.11. The van der Waals surface area contributed by atoms with Crippen molar-refractivity contribution in [2.24, 2.45) is 0 Å². The van der Waals surface area contributed by atoms with E-state index in [0.717, 1.165) is 11.4 Å². The Bertz CT molecular complexity index is 1390. The standard InChI is InChI=1S/C24H22Cl2N6O3S/c1-13-7-14(2)28-24(27-13)36-12-19-22(30-31-32(19)18-9-15(25)8-16(26)10-18)23(33)29-17-5-6-20(34-3)21(11-17)35-4/h5-11H,12H2,1-4H3,(H,29,33). The Balaban J connectivity index is 1.70. The SMILES string of the molecule is COc1ccc(NC(=O)c2nnn(-c3cc(Cl)cc(Cl)c3)c2CSc2nc(C)cc(C)n2)cc1OC. The highest BCUT2D eigenvalue weighted by Gasteiger charge is 2.22. The predicted octanol–water partition coefficient (Wildman–Crippen LogP) is 5.54. The van der Waals surface area contributed by atoms with Crippen molar-refractivity contribution in [3.8, 4) is 17.2 Å². The molecule has 0 unspecified atom stereocenters. The number of hydrogen-bond donors (Lipinski definition) is 1. The van der Waals surface area contributed by atoms with Gasteiger partial charge in [0.2, 0.25) is 0 Å². The molecule has 0 bridgehead atoms. The molecule has 4 rings (SSSR count). The first-order valence-corrected chi connectivity index (χ1v) is 12.4. The van der Waals surface area contributed by atoms with E-state index < -0.39 is 5.91 Å². The Labute approximate surface area is 222 Å². The first-order chi connectivity index (χ1) is 17.3. The summed E-state index contributed by atoms with van der Waals surface area (Å²) in [5.74, 6) is 0.896. The molecule has 0 aliphatic carbocycles. The molecule has 0 saturated carbocycles. The van der Waals surface area contributed by atoms with E-state index in [2.05, 4.69) is 25.6 Å². The van der Waals surface area contributed by atoms with Crippen molar-refractivity contribution in [3.63, 3.8) is 0 Å². The minimum atomic E-state index is -0.446. The van der Waals surface area contributed by atoms with E-state index in [1.54, 1.807) is 43.5 Å². The van der Waals surface area contributed by atoms with Crippen molar-refractivity contribution >= 4 is 46.6 Å². The third-order valence-corrected chi connectivity index (χ3v) is 6.31. The lowest BCUT2D eigenvalue weighted by Crippen LogP contribution is -2.15. The molecule has 0 saturated heterocycles. The molecule has 0 fully saturated rings. The molecular formula is C24H22Cl2N6O3S. The van der Waals surface area contributed by atoms with Crippen molar-refractivity contribution in [3.05, 3.63) is 75.3 Å². The van der Waals surface area contributed by atoms with Gasteiger partial charge in [0, 0.05) is 38.9 Å². The van der Waals surface area contributed by atoms with E-state index in [9.17, 15) is 4.79 Å². The number of ether oxygens (including phenoxy) is 2. The second-order valence-corrected chi connectivity index (χ2v) is 9.49. The number of hydrogen-bond acceptors (Lipinski definition) is 8. The molecule has 0 atom stereocenters. The number of amides is 1. The molecule has 4 aromatic rings. The second-order valence-electron chi connectivity index (χ2n) is 7.67. The van der Waals surface area contributed by atoms with Gasteiger partial charge in [-0.15, -0.1) is 5.10 Å². The molecule has 0 aliphatic heterocycles. The maximum atomic E-state index is 13.3. The van der Waals surface area contributed by atoms with Gasteiger partial charge in [-0.3, -0.25) is 4.79 Å². The second kappa shape index (κ2) is 11.2. The molecular weight excluding hydrogens is 523 g/mol. The van der Waals surface area contributed by atoms with Gasteiger partial charge in [-0.1, -0.05) is 40.2 Å². The summed E-state index contributed by atoms with van der Waals surface area (Å²) in [4.78, 5) is 22.2. The summed E-state index contributed by atoms with van der Waals surface area (Å²) in [7, 11) is 3.06. The maximum absolute atomic E-state index is 13.3. The number of aryl methyl sites for hydroxylation is 2. The first kappa shape index (κ1) is 25.7. The van der Waals surface area contributed by atoms with Crippen LogP contribution in [-0.4, -0.2) is 45.1 Å². The summed E-state index contributed by atoms with van der Waals surface area (Å²) in [6.45, 7) is 3.81. The smallest absolute Gasteiger partial charge is 0.278 e. The average molecular weight is 545 g/mol. The number of nitrogens with one attached hydrogen (secondary N) is 1. The van der Waals surface area contributed by atoms with Gasteiger partial charge in [0.05, 0.1) is 25.6 Å². The fourth-order valence-electron chi connectivity index (χ4n) is 3.47. The molecule has 0 spiro atoms. The van der Waals surface area contributed by atoms with Crippen LogP contribution in [0.15, 0.2) is 47.6 Å². The molecule has 1 N–H and O–H groups in total. The molecule has 2 aromatic heterocycles. The molecule has 2 aromatic carbocycles. The summed E-state index contributed by atoms with van der Waals surface area (Å²) < 4.78 is 12.1. The first-order valence-electron chi connectivity index (χ1n) is 10.7. The third kappa shape index (κ3) is 5.89. The molecule has 0 radical (unpaired) electrons. The van der Waals surface area contributed by atoms with E-state index in [4.69, 9.17) is 32.7 Å². The van der Waals surface area contributed by atoms with Gasteiger partial charge in [-0.2, -0.15) is 0 Å². The quantitative estimate of drug-likeness (QED) is 0.227. The van der Waals surface area contributed by atoms with Crippen molar-refractivity contribution in [1.29, 1.82) is 0 Å². The average Bonchev–Trinajstić information content (AvgIpc) is 3.25. The van der Waals surface area contributed by atoms with Crippen LogP contribution in [0.5, 0.6) is 11.5 Å². The molecule has 186 valence electrons. The van der Waals surface area contributed by atoms with Crippen molar-refractivity contribution in [2.75, 3.05) is 19.5 Å². The van der Waals surface area contributed by atoms with Crippen LogP contribution in [0.4, 0.5) is 5.69 Å². The molecule has 12 heteroatoms. The van der Waals surface area contributed by atoms with Gasteiger partial charge in [-0.25, -0.2) is 14.6 Å².